The zero-order valence-electron chi connectivity index (χ0n) is 14.1. The molecule has 0 atom stereocenters. The topological polar surface area (TPSA) is 49.9 Å². The molecule has 1 aliphatic heterocycles. The van der Waals surface area contributed by atoms with Gasteiger partial charge in [-0.3, -0.25) is 4.90 Å². The van der Waals surface area contributed by atoms with Crippen molar-refractivity contribution in [3.8, 4) is 0 Å². The van der Waals surface area contributed by atoms with E-state index >= 15 is 0 Å². The second-order valence-electron chi connectivity index (χ2n) is 6.79. The lowest BCUT2D eigenvalue weighted by Crippen LogP contribution is -2.48. The number of hydrogen-bond donors (Lipinski definition) is 0. The number of nitrogens with zero attached hydrogens (tertiary/aromatic N) is 2. The van der Waals surface area contributed by atoms with Gasteiger partial charge in [0.25, 0.3) is 0 Å². The lowest BCUT2D eigenvalue weighted by molar-refractivity contribution is 0.112. The lowest BCUT2D eigenvalue weighted by atomic mass is 10.1. The molecule has 1 aromatic carbocycles. The molecule has 1 aliphatic rings. The number of benzene rings is 1. The first-order valence-corrected chi connectivity index (χ1v) is 8.34. The molecule has 0 aromatic heterocycles. The molecule has 5 nitrogen and oxygen atoms in total. The van der Waals surface area contributed by atoms with Gasteiger partial charge in [-0.2, -0.15) is 0 Å². The van der Waals surface area contributed by atoms with E-state index in [-0.39, 0.29) is 5.02 Å². The SMILES string of the molecule is CC(C)(C)N(C(=O)OC(=O)N1CCCCC1)c1ccc(F)c(Cl)c1. The highest BCUT2D eigenvalue weighted by Gasteiger charge is 2.32. The van der Waals surface area contributed by atoms with Crippen molar-refractivity contribution < 1.29 is 18.7 Å². The molecule has 0 saturated carbocycles. The first-order chi connectivity index (χ1) is 11.2. The van der Waals surface area contributed by atoms with Crippen LogP contribution >= 0.6 is 11.6 Å². The maximum Gasteiger partial charge on any atom is 0.423 e. The van der Waals surface area contributed by atoms with Gasteiger partial charge in [0.2, 0.25) is 0 Å². The molecule has 0 N–H and O–H groups in total. The Morgan fingerprint density at radius 2 is 1.83 bits per heavy atom. The van der Waals surface area contributed by atoms with Gasteiger partial charge in [0, 0.05) is 24.3 Å². The third-order valence-electron chi connectivity index (χ3n) is 3.80. The molecule has 2 rings (SSSR count). The Morgan fingerprint density at radius 1 is 1.21 bits per heavy atom. The van der Waals surface area contributed by atoms with Crippen LogP contribution in [0.4, 0.5) is 19.7 Å². The molecular formula is C17H22ClFN2O3. The Morgan fingerprint density at radius 3 is 2.38 bits per heavy atom. The van der Waals surface area contributed by atoms with E-state index in [1.54, 1.807) is 20.8 Å². The first kappa shape index (κ1) is 18.5. The van der Waals surface area contributed by atoms with Crippen molar-refractivity contribution >= 4 is 29.5 Å². The maximum absolute atomic E-state index is 13.4. The van der Waals surface area contributed by atoms with Gasteiger partial charge in [-0.05, 0) is 58.2 Å². The van der Waals surface area contributed by atoms with Crippen molar-refractivity contribution in [2.75, 3.05) is 18.0 Å². The summed E-state index contributed by atoms with van der Waals surface area (Å²) in [5, 5.41) is -0.100. The lowest BCUT2D eigenvalue weighted by Gasteiger charge is -2.35. The molecule has 1 saturated heterocycles. The van der Waals surface area contributed by atoms with Crippen molar-refractivity contribution in [3.05, 3.63) is 29.0 Å². The van der Waals surface area contributed by atoms with Crippen LogP contribution in [0, 0.1) is 5.82 Å². The highest BCUT2D eigenvalue weighted by molar-refractivity contribution is 6.31. The van der Waals surface area contributed by atoms with Crippen LogP contribution in [0.1, 0.15) is 40.0 Å². The Hall–Kier alpha value is -1.82. The van der Waals surface area contributed by atoms with Crippen molar-refractivity contribution in [2.24, 2.45) is 0 Å². The molecule has 1 heterocycles. The van der Waals surface area contributed by atoms with Gasteiger partial charge >= 0.3 is 12.2 Å². The molecule has 24 heavy (non-hydrogen) atoms. The minimum Gasteiger partial charge on any atom is -0.359 e. The predicted octanol–water partition coefficient (Wildman–Crippen LogP) is 4.83. The Labute approximate surface area is 146 Å². The largest absolute Gasteiger partial charge is 0.423 e. The van der Waals surface area contributed by atoms with Crippen LogP contribution in [0.2, 0.25) is 5.02 Å². The summed E-state index contributed by atoms with van der Waals surface area (Å²) in [5.74, 6) is -0.577. The highest BCUT2D eigenvalue weighted by atomic mass is 35.5. The van der Waals surface area contributed by atoms with Crippen LogP contribution in [0.25, 0.3) is 0 Å². The van der Waals surface area contributed by atoms with Crippen molar-refractivity contribution in [1.29, 1.82) is 0 Å². The van der Waals surface area contributed by atoms with E-state index in [9.17, 15) is 14.0 Å². The van der Waals surface area contributed by atoms with Gasteiger partial charge in [-0.25, -0.2) is 14.0 Å². The van der Waals surface area contributed by atoms with Gasteiger partial charge < -0.3 is 9.64 Å². The quantitative estimate of drug-likeness (QED) is 0.677. The average Bonchev–Trinajstić information content (AvgIpc) is 2.50. The normalized spacial score (nSPS) is 15.1. The molecule has 1 aromatic rings. The summed E-state index contributed by atoms with van der Waals surface area (Å²) in [4.78, 5) is 27.5. The zero-order chi connectivity index (χ0) is 17.9. The van der Waals surface area contributed by atoms with Gasteiger partial charge in [0.15, 0.2) is 0 Å². The highest BCUT2D eigenvalue weighted by Crippen LogP contribution is 2.29. The molecule has 0 unspecified atom stereocenters. The second kappa shape index (κ2) is 7.38. The third kappa shape index (κ3) is 4.38. The fraction of sp³-hybridized carbons (Fsp3) is 0.529. The number of piperidine rings is 1. The molecule has 2 amide bonds. The molecule has 0 radical (unpaired) electrons. The van der Waals surface area contributed by atoms with Gasteiger partial charge in [0.05, 0.1) is 5.02 Å². The summed E-state index contributed by atoms with van der Waals surface area (Å²) in [6.07, 6.45) is 1.42. The minimum atomic E-state index is -0.805. The van der Waals surface area contributed by atoms with E-state index in [0.29, 0.717) is 18.8 Å². The van der Waals surface area contributed by atoms with E-state index in [0.717, 1.165) is 19.3 Å². The van der Waals surface area contributed by atoms with Crippen LogP contribution in [-0.2, 0) is 4.74 Å². The summed E-state index contributed by atoms with van der Waals surface area (Å²) < 4.78 is 18.4. The number of amides is 2. The maximum atomic E-state index is 13.4. The summed E-state index contributed by atoms with van der Waals surface area (Å²) >= 11 is 5.81. The summed E-state index contributed by atoms with van der Waals surface area (Å²) in [6, 6.07) is 3.95. The Balaban J connectivity index is 2.19. The summed E-state index contributed by atoms with van der Waals surface area (Å²) in [7, 11) is 0. The second-order valence-corrected chi connectivity index (χ2v) is 7.19. The van der Waals surface area contributed by atoms with E-state index in [2.05, 4.69) is 0 Å². The van der Waals surface area contributed by atoms with Crippen LogP contribution in [0.3, 0.4) is 0 Å². The fourth-order valence-corrected chi connectivity index (χ4v) is 2.83. The molecular weight excluding hydrogens is 335 g/mol. The van der Waals surface area contributed by atoms with Crippen molar-refractivity contribution in [2.45, 2.75) is 45.6 Å². The van der Waals surface area contributed by atoms with E-state index in [4.69, 9.17) is 16.3 Å². The molecule has 0 spiro atoms. The van der Waals surface area contributed by atoms with Gasteiger partial charge in [-0.15, -0.1) is 0 Å². The number of carbonyl (C=O) groups is 2. The third-order valence-corrected chi connectivity index (χ3v) is 4.09. The number of likely N-dealkylation sites (tertiary alicyclic amines) is 1. The number of hydrogen-bond acceptors (Lipinski definition) is 3. The van der Waals surface area contributed by atoms with Crippen LogP contribution in [0.5, 0.6) is 0 Å². The monoisotopic (exact) mass is 356 g/mol. The van der Waals surface area contributed by atoms with Crippen molar-refractivity contribution in [1.82, 2.24) is 4.90 Å². The number of anilines is 1. The van der Waals surface area contributed by atoms with Crippen LogP contribution in [-0.4, -0.2) is 35.7 Å². The molecule has 0 aliphatic carbocycles. The smallest absolute Gasteiger partial charge is 0.359 e. The summed E-state index contributed by atoms with van der Waals surface area (Å²) in [5.41, 5.74) is -0.314. The minimum absolute atomic E-state index is 0.100. The van der Waals surface area contributed by atoms with E-state index < -0.39 is 23.5 Å². The molecule has 7 heteroatoms. The predicted molar refractivity (Wildman–Crippen MR) is 90.9 cm³/mol. The Kier molecular flexibility index (Phi) is 5.70. The van der Waals surface area contributed by atoms with E-state index in [1.165, 1.54) is 28.0 Å². The Bertz CT molecular complexity index is 625. The van der Waals surface area contributed by atoms with Crippen molar-refractivity contribution in [3.63, 3.8) is 0 Å². The fourth-order valence-electron chi connectivity index (χ4n) is 2.65. The number of ether oxygens (including phenoxy) is 1. The zero-order valence-corrected chi connectivity index (χ0v) is 14.9. The number of carbonyl (C=O) groups excluding carboxylic acids is 2. The standard InChI is InChI=1S/C17H22ClFN2O3/c1-17(2,3)21(12-7-8-14(19)13(18)11-12)16(23)24-15(22)20-9-5-4-6-10-20/h7-8,11H,4-6,9-10H2,1-3H3. The van der Waals surface area contributed by atoms with Crippen LogP contribution < -0.4 is 4.90 Å². The van der Waals surface area contributed by atoms with Crippen LogP contribution in [0.15, 0.2) is 18.2 Å². The van der Waals surface area contributed by atoms with Gasteiger partial charge in [-0.1, -0.05) is 11.6 Å². The summed E-state index contributed by atoms with van der Waals surface area (Å²) in [6.45, 7) is 6.54. The van der Waals surface area contributed by atoms with Gasteiger partial charge in [0.1, 0.15) is 5.82 Å². The molecule has 132 valence electrons. The molecule has 1 fully saturated rings. The number of halogens is 2. The van der Waals surface area contributed by atoms with E-state index in [1.807, 2.05) is 0 Å². The number of rotatable bonds is 1. The molecule has 0 bridgehead atoms. The first-order valence-electron chi connectivity index (χ1n) is 7.96. The average molecular weight is 357 g/mol.